The highest BCUT2D eigenvalue weighted by molar-refractivity contribution is 5.18. The Morgan fingerprint density at radius 3 is 2.67 bits per heavy atom. The van der Waals surface area contributed by atoms with Gasteiger partial charge in [0.05, 0.1) is 0 Å². The summed E-state index contributed by atoms with van der Waals surface area (Å²) in [4.78, 5) is 0. The van der Waals surface area contributed by atoms with Gasteiger partial charge < -0.3 is 4.74 Å². The van der Waals surface area contributed by atoms with Crippen LogP contribution in [0.3, 0.4) is 0 Å². The molecule has 0 saturated carbocycles. The lowest BCUT2D eigenvalue weighted by atomic mass is 10.0. The summed E-state index contributed by atoms with van der Waals surface area (Å²) in [6.45, 7) is 2.49. The van der Waals surface area contributed by atoms with Gasteiger partial charge >= 0.3 is 0 Å². The van der Waals surface area contributed by atoms with Gasteiger partial charge in [0.1, 0.15) is 6.61 Å². The Labute approximate surface area is 72.4 Å². The molecule has 0 aliphatic rings. The summed E-state index contributed by atoms with van der Waals surface area (Å²) in [5, 5.41) is 8.19. The van der Waals surface area contributed by atoms with Crippen LogP contribution in [0.1, 0.15) is 18.4 Å². The van der Waals surface area contributed by atoms with Crippen molar-refractivity contribution in [3.63, 3.8) is 0 Å². The number of rotatable bonds is 3. The minimum atomic E-state index is 0.283. The van der Waals surface area contributed by atoms with Crippen molar-refractivity contribution < 1.29 is 4.74 Å². The van der Waals surface area contributed by atoms with E-state index in [1.54, 1.807) is 6.26 Å². The van der Waals surface area contributed by atoms with Crippen molar-refractivity contribution in [2.45, 2.75) is 12.8 Å². The molecule has 0 aliphatic carbocycles. The van der Waals surface area contributed by atoms with Crippen LogP contribution in [0.25, 0.3) is 0 Å². The van der Waals surface area contributed by atoms with E-state index in [1.165, 1.54) is 5.56 Å². The minimum absolute atomic E-state index is 0.283. The molecule has 1 unspecified atom stereocenters. The topological polar surface area (TPSA) is 33.0 Å². The van der Waals surface area contributed by atoms with Crippen LogP contribution >= 0.6 is 0 Å². The quantitative estimate of drug-likeness (QED) is 0.637. The lowest BCUT2D eigenvalue weighted by Gasteiger charge is -2.08. The van der Waals surface area contributed by atoms with Crippen LogP contribution in [0.15, 0.2) is 30.3 Å². The Balaban J connectivity index is 2.55. The van der Waals surface area contributed by atoms with E-state index in [4.69, 9.17) is 5.26 Å². The Morgan fingerprint density at radius 2 is 2.08 bits per heavy atom. The van der Waals surface area contributed by atoms with Crippen molar-refractivity contribution in [3.8, 4) is 6.26 Å². The monoisotopic (exact) mass is 161 g/mol. The molecule has 0 N–H and O–H groups in total. The molecule has 0 heterocycles. The zero-order valence-electron chi connectivity index (χ0n) is 7.03. The van der Waals surface area contributed by atoms with E-state index in [1.807, 2.05) is 37.3 Å². The fourth-order valence-electron chi connectivity index (χ4n) is 1.04. The van der Waals surface area contributed by atoms with Gasteiger partial charge in [0.15, 0.2) is 0 Å². The average molecular weight is 161 g/mol. The molecule has 2 heteroatoms. The highest BCUT2D eigenvalue weighted by Crippen LogP contribution is 2.13. The first kappa shape index (κ1) is 8.61. The second-order valence-electron chi connectivity index (χ2n) is 2.71. The molecule has 1 rings (SSSR count). The third kappa shape index (κ3) is 2.28. The second-order valence-corrected chi connectivity index (χ2v) is 2.71. The maximum absolute atomic E-state index is 8.19. The van der Waals surface area contributed by atoms with Gasteiger partial charge in [0, 0.05) is 5.92 Å². The van der Waals surface area contributed by atoms with Crippen LogP contribution in [0.4, 0.5) is 0 Å². The summed E-state index contributed by atoms with van der Waals surface area (Å²) in [6.07, 6.45) is 1.67. The molecule has 0 amide bonds. The van der Waals surface area contributed by atoms with E-state index in [0.29, 0.717) is 6.61 Å². The summed E-state index contributed by atoms with van der Waals surface area (Å²) in [5.41, 5.74) is 1.20. The molecule has 2 nitrogen and oxygen atoms in total. The summed E-state index contributed by atoms with van der Waals surface area (Å²) in [5.74, 6) is 0.283. The largest absolute Gasteiger partial charge is 0.427 e. The molecule has 1 aromatic rings. The van der Waals surface area contributed by atoms with E-state index in [2.05, 4.69) is 4.74 Å². The highest BCUT2D eigenvalue weighted by atomic mass is 16.5. The maximum Gasteiger partial charge on any atom is 0.286 e. The van der Waals surface area contributed by atoms with Crippen molar-refractivity contribution in [1.29, 1.82) is 5.26 Å². The molecule has 0 aromatic heterocycles. The van der Waals surface area contributed by atoms with Gasteiger partial charge in [-0.3, -0.25) is 0 Å². The van der Waals surface area contributed by atoms with E-state index < -0.39 is 0 Å². The predicted molar refractivity (Wildman–Crippen MR) is 46.4 cm³/mol. The van der Waals surface area contributed by atoms with Gasteiger partial charge in [0.25, 0.3) is 6.26 Å². The zero-order chi connectivity index (χ0) is 8.81. The van der Waals surface area contributed by atoms with Gasteiger partial charge in [0.2, 0.25) is 0 Å². The number of hydrogen-bond donors (Lipinski definition) is 0. The molecule has 0 saturated heterocycles. The maximum atomic E-state index is 8.19. The predicted octanol–water partition coefficient (Wildman–Crippen LogP) is 2.29. The number of hydrogen-bond acceptors (Lipinski definition) is 2. The molecule has 0 bridgehead atoms. The molecule has 1 atom stereocenters. The van der Waals surface area contributed by atoms with Crippen molar-refractivity contribution >= 4 is 0 Å². The fraction of sp³-hybridized carbons (Fsp3) is 0.300. The molecule has 1 aromatic carbocycles. The number of nitriles is 1. The van der Waals surface area contributed by atoms with Gasteiger partial charge in [-0.1, -0.05) is 37.3 Å². The number of ether oxygens (including phenoxy) is 1. The second kappa shape index (κ2) is 4.40. The summed E-state index contributed by atoms with van der Waals surface area (Å²) in [7, 11) is 0. The fourth-order valence-corrected chi connectivity index (χ4v) is 1.04. The van der Waals surface area contributed by atoms with Gasteiger partial charge in [-0.05, 0) is 5.56 Å². The standard InChI is InChI=1S/C10H11NO/c1-9(7-12-8-11)10-5-3-2-4-6-10/h2-6,9H,7H2,1H3. The van der Waals surface area contributed by atoms with Gasteiger partial charge in [-0.15, -0.1) is 0 Å². The number of benzene rings is 1. The Hall–Kier alpha value is -1.49. The van der Waals surface area contributed by atoms with Crippen LogP contribution in [0.5, 0.6) is 0 Å². The smallest absolute Gasteiger partial charge is 0.286 e. The zero-order valence-corrected chi connectivity index (χ0v) is 7.03. The first-order valence-electron chi connectivity index (χ1n) is 3.90. The first-order chi connectivity index (χ1) is 5.84. The lowest BCUT2D eigenvalue weighted by Crippen LogP contribution is -2.00. The minimum Gasteiger partial charge on any atom is -0.427 e. The molecular weight excluding hydrogens is 150 g/mol. The van der Waals surface area contributed by atoms with Crippen molar-refractivity contribution in [1.82, 2.24) is 0 Å². The van der Waals surface area contributed by atoms with Gasteiger partial charge in [-0.2, -0.15) is 5.26 Å². The third-order valence-electron chi connectivity index (χ3n) is 1.77. The highest BCUT2D eigenvalue weighted by Gasteiger charge is 2.03. The van der Waals surface area contributed by atoms with Crippen LogP contribution in [-0.2, 0) is 4.74 Å². The first-order valence-corrected chi connectivity index (χ1v) is 3.90. The SMILES string of the molecule is CC(COC#N)c1ccccc1. The molecule has 12 heavy (non-hydrogen) atoms. The van der Waals surface area contributed by atoms with E-state index in [0.717, 1.165) is 0 Å². The van der Waals surface area contributed by atoms with Gasteiger partial charge in [-0.25, -0.2) is 0 Å². The van der Waals surface area contributed by atoms with E-state index in [-0.39, 0.29) is 5.92 Å². The van der Waals surface area contributed by atoms with Crippen molar-refractivity contribution in [3.05, 3.63) is 35.9 Å². The normalized spacial score (nSPS) is 11.7. The van der Waals surface area contributed by atoms with E-state index in [9.17, 15) is 0 Å². The average Bonchev–Trinajstić information content (AvgIpc) is 2.15. The van der Waals surface area contributed by atoms with Crippen molar-refractivity contribution in [2.24, 2.45) is 0 Å². The summed E-state index contributed by atoms with van der Waals surface area (Å²) < 4.78 is 4.66. The van der Waals surface area contributed by atoms with E-state index >= 15 is 0 Å². The molecular formula is C10H11NO. The molecule has 62 valence electrons. The summed E-state index contributed by atoms with van der Waals surface area (Å²) in [6, 6.07) is 10.0. The Bertz CT molecular complexity index is 263. The molecule has 0 radical (unpaired) electrons. The molecule has 0 fully saturated rings. The third-order valence-corrected chi connectivity index (χ3v) is 1.77. The lowest BCUT2D eigenvalue weighted by molar-refractivity contribution is 0.251. The van der Waals surface area contributed by atoms with Crippen LogP contribution in [0, 0.1) is 11.5 Å². The van der Waals surface area contributed by atoms with Crippen LogP contribution in [0.2, 0.25) is 0 Å². The molecule has 0 spiro atoms. The molecule has 0 aliphatic heterocycles. The summed E-state index contributed by atoms with van der Waals surface area (Å²) >= 11 is 0. The number of nitrogens with zero attached hydrogens (tertiary/aromatic N) is 1. The van der Waals surface area contributed by atoms with Crippen molar-refractivity contribution in [2.75, 3.05) is 6.61 Å². The van der Waals surface area contributed by atoms with Crippen LogP contribution < -0.4 is 0 Å². The Morgan fingerprint density at radius 1 is 1.42 bits per heavy atom. The Kier molecular flexibility index (Phi) is 3.16. The van der Waals surface area contributed by atoms with Crippen LogP contribution in [-0.4, -0.2) is 6.61 Å².